The third kappa shape index (κ3) is 0.645. The van der Waals surface area contributed by atoms with Gasteiger partial charge in [0.05, 0.1) is 0 Å². The highest BCUT2D eigenvalue weighted by Crippen LogP contribution is 2.01. The zero-order chi connectivity index (χ0) is 6.15. The first kappa shape index (κ1) is 5.43. The molecule has 0 fully saturated rings. The lowest BCUT2D eigenvalue weighted by Gasteiger charge is -1.88. The van der Waals surface area contributed by atoms with Gasteiger partial charge in [-0.25, -0.2) is 3.97 Å². The largest absolute Gasteiger partial charge is 0.367 e. The van der Waals surface area contributed by atoms with Gasteiger partial charge >= 0.3 is 0 Å². The summed E-state index contributed by atoms with van der Waals surface area (Å²) in [5.41, 5.74) is 5.25. The van der Waals surface area contributed by atoms with E-state index in [9.17, 15) is 0 Å². The Morgan fingerprint density at radius 3 is 2.38 bits per heavy atom. The number of anilines is 1. The van der Waals surface area contributed by atoms with E-state index in [1.165, 1.54) is 3.97 Å². The number of rotatable bonds is 0. The van der Waals surface area contributed by atoms with E-state index >= 15 is 0 Å². The van der Waals surface area contributed by atoms with Crippen molar-refractivity contribution in [1.29, 1.82) is 0 Å². The standard InChI is InChI=1S/C3H6N4S/c1-2-5-6-3(4)7(2)8/h8H,1H3,(H2,4,6). The fraction of sp³-hybridized carbons (Fsp3) is 0.333. The maximum absolute atomic E-state index is 5.25. The lowest BCUT2D eigenvalue weighted by molar-refractivity contribution is 1.03. The summed E-state index contributed by atoms with van der Waals surface area (Å²) in [6.07, 6.45) is 0. The van der Waals surface area contributed by atoms with Crippen LogP contribution in [0.25, 0.3) is 0 Å². The molecule has 0 bridgehead atoms. The molecule has 0 aliphatic carbocycles. The Bertz CT molecular complexity index is 174. The summed E-state index contributed by atoms with van der Waals surface area (Å²) >= 11 is 3.93. The highest BCUT2D eigenvalue weighted by Gasteiger charge is 1.97. The van der Waals surface area contributed by atoms with Crippen molar-refractivity contribution in [2.24, 2.45) is 0 Å². The van der Waals surface area contributed by atoms with Crippen LogP contribution in [0.4, 0.5) is 5.95 Å². The zero-order valence-corrected chi connectivity index (χ0v) is 5.26. The van der Waals surface area contributed by atoms with E-state index in [0.717, 1.165) is 0 Å². The molecular weight excluding hydrogens is 124 g/mol. The minimum absolute atomic E-state index is 0.325. The van der Waals surface area contributed by atoms with Gasteiger partial charge in [0.15, 0.2) is 0 Å². The van der Waals surface area contributed by atoms with Crippen LogP contribution in [0.5, 0.6) is 0 Å². The molecule has 0 saturated carbocycles. The molecule has 0 unspecified atom stereocenters. The van der Waals surface area contributed by atoms with Crippen LogP contribution in [0.3, 0.4) is 0 Å². The molecule has 1 rings (SSSR count). The molecule has 1 heterocycles. The van der Waals surface area contributed by atoms with E-state index in [4.69, 9.17) is 5.73 Å². The number of hydrogen-bond acceptors (Lipinski definition) is 4. The zero-order valence-electron chi connectivity index (χ0n) is 4.37. The van der Waals surface area contributed by atoms with Gasteiger partial charge in [-0.3, -0.25) is 0 Å². The molecule has 44 valence electrons. The van der Waals surface area contributed by atoms with Crippen LogP contribution < -0.4 is 5.73 Å². The summed E-state index contributed by atoms with van der Waals surface area (Å²) in [6, 6.07) is 0. The minimum Gasteiger partial charge on any atom is -0.367 e. The molecule has 0 amide bonds. The molecule has 0 spiro atoms. The first-order valence-electron chi connectivity index (χ1n) is 2.08. The van der Waals surface area contributed by atoms with Crippen LogP contribution in [-0.2, 0) is 0 Å². The van der Waals surface area contributed by atoms with Gasteiger partial charge < -0.3 is 5.73 Å². The van der Waals surface area contributed by atoms with Crippen molar-refractivity contribution >= 4 is 18.8 Å². The normalized spacial score (nSPS) is 9.75. The van der Waals surface area contributed by atoms with E-state index in [0.29, 0.717) is 11.8 Å². The van der Waals surface area contributed by atoms with Crippen molar-refractivity contribution in [1.82, 2.24) is 14.2 Å². The van der Waals surface area contributed by atoms with E-state index in [1.54, 1.807) is 6.92 Å². The third-order valence-corrected chi connectivity index (χ3v) is 1.32. The molecule has 4 nitrogen and oxygen atoms in total. The predicted molar refractivity (Wildman–Crippen MR) is 33.6 cm³/mol. The Balaban J connectivity index is 3.19. The van der Waals surface area contributed by atoms with Gasteiger partial charge in [0, 0.05) is 0 Å². The number of nitrogen functional groups attached to an aromatic ring is 1. The number of aryl methyl sites for hydroxylation is 1. The number of nitrogens with zero attached hydrogens (tertiary/aromatic N) is 3. The molecule has 0 atom stereocenters. The molecule has 1 aromatic heterocycles. The smallest absolute Gasteiger partial charge is 0.232 e. The lowest BCUT2D eigenvalue weighted by Crippen LogP contribution is -1.92. The van der Waals surface area contributed by atoms with E-state index in [-0.39, 0.29) is 0 Å². The summed E-state index contributed by atoms with van der Waals surface area (Å²) < 4.78 is 1.42. The second-order valence-electron chi connectivity index (χ2n) is 1.42. The van der Waals surface area contributed by atoms with Crippen molar-refractivity contribution in [3.8, 4) is 0 Å². The van der Waals surface area contributed by atoms with Gasteiger partial charge in [-0.05, 0) is 6.92 Å². The first-order chi connectivity index (χ1) is 3.72. The topological polar surface area (TPSA) is 56.7 Å². The number of hydrogen-bond donors (Lipinski definition) is 2. The molecule has 0 aliphatic rings. The second kappa shape index (κ2) is 1.66. The van der Waals surface area contributed by atoms with Crippen LogP contribution in [0.15, 0.2) is 0 Å². The van der Waals surface area contributed by atoms with E-state index in [1.807, 2.05) is 0 Å². The Morgan fingerprint density at radius 2 is 2.25 bits per heavy atom. The van der Waals surface area contributed by atoms with Crippen molar-refractivity contribution in [2.75, 3.05) is 5.73 Å². The van der Waals surface area contributed by atoms with Gasteiger partial charge in [0.2, 0.25) is 5.95 Å². The van der Waals surface area contributed by atoms with Gasteiger partial charge in [-0.15, -0.1) is 10.2 Å². The number of nitrogens with two attached hydrogens (primary N) is 1. The van der Waals surface area contributed by atoms with Crippen molar-refractivity contribution in [2.45, 2.75) is 6.92 Å². The molecule has 5 heteroatoms. The molecule has 8 heavy (non-hydrogen) atoms. The molecular formula is C3H6N4S. The number of thiol groups is 1. The average molecular weight is 130 g/mol. The molecule has 0 aromatic carbocycles. The minimum atomic E-state index is 0.325. The van der Waals surface area contributed by atoms with E-state index in [2.05, 4.69) is 23.0 Å². The molecule has 0 aliphatic heterocycles. The highest BCUT2D eigenvalue weighted by molar-refractivity contribution is 7.78. The average Bonchev–Trinajstić information content (AvgIpc) is 1.98. The Labute approximate surface area is 52.3 Å². The van der Waals surface area contributed by atoms with E-state index < -0.39 is 0 Å². The fourth-order valence-corrected chi connectivity index (χ4v) is 0.454. The molecule has 0 saturated heterocycles. The van der Waals surface area contributed by atoms with Gasteiger partial charge in [0.25, 0.3) is 0 Å². The first-order valence-corrected chi connectivity index (χ1v) is 2.48. The quantitative estimate of drug-likeness (QED) is 0.481. The Morgan fingerprint density at radius 1 is 1.62 bits per heavy atom. The molecule has 1 aromatic rings. The van der Waals surface area contributed by atoms with Crippen LogP contribution in [0, 0.1) is 6.92 Å². The van der Waals surface area contributed by atoms with Crippen LogP contribution in [0.1, 0.15) is 5.82 Å². The Hall–Kier alpha value is -0.710. The Kier molecular flexibility index (Phi) is 1.13. The maximum Gasteiger partial charge on any atom is 0.232 e. The summed E-state index contributed by atoms with van der Waals surface area (Å²) in [5, 5.41) is 7.16. The van der Waals surface area contributed by atoms with Crippen molar-refractivity contribution in [3.05, 3.63) is 5.82 Å². The lowest BCUT2D eigenvalue weighted by atomic mass is 10.7. The van der Waals surface area contributed by atoms with Gasteiger partial charge in [-0.2, -0.15) is 0 Å². The van der Waals surface area contributed by atoms with Crippen LogP contribution in [-0.4, -0.2) is 14.2 Å². The molecule has 2 N–H and O–H groups in total. The number of aromatic nitrogens is 3. The summed E-state index contributed by atoms with van der Waals surface area (Å²) in [7, 11) is 0. The summed E-state index contributed by atoms with van der Waals surface area (Å²) in [5.74, 6) is 1.02. The van der Waals surface area contributed by atoms with Crippen molar-refractivity contribution < 1.29 is 0 Å². The van der Waals surface area contributed by atoms with Crippen LogP contribution >= 0.6 is 12.8 Å². The SMILES string of the molecule is Cc1nnc(N)n1S. The monoisotopic (exact) mass is 130 g/mol. The van der Waals surface area contributed by atoms with Gasteiger partial charge in [-0.1, -0.05) is 12.8 Å². The summed E-state index contributed by atoms with van der Waals surface area (Å²) in [6.45, 7) is 1.77. The second-order valence-corrected chi connectivity index (χ2v) is 1.82. The highest BCUT2D eigenvalue weighted by atomic mass is 32.1. The fourth-order valence-electron chi connectivity index (χ4n) is 0.374. The maximum atomic E-state index is 5.25. The third-order valence-electron chi connectivity index (χ3n) is 0.821. The van der Waals surface area contributed by atoms with Crippen molar-refractivity contribution in [3.63, 3.8) is 0 Å². The summed E-state index contributed by atoms with van der Waals surface area (Å²) in [4.78, 5) is 0. The molecule has 0 radical (unpaired) electrons. The van der Waals surface area contributed by atoms with Gasteiger partial charge in [0.1, 0.15) is 5.82 Å². The predicted octanol–water partition coefficient (Wildman–Crippen LogP) is -0.138. The van der Waals surface area contributed by atoms with Crippen LogP contribution in [0.2, 0.25) is 0 Å².